The fourth-order valence-corrected chi connectivity index (χ4v) is 3.00. The number of benzene rings is 1. The summed E-state index contributed by atoms with van der Waals surface area (Å²) in [5, 5.41) is 21.4. The Kier molecular flexibility index (Phi) is 5.60. The van der Waals surface area contributed by atoms with E-state index in [4.69, 9.17) is 0 Å². The third-order valence-electron chi connectivity index (χ3n) is 4.65. The van der Waals surface area contributed by atoms with Crippen molar-refractivity contribution in [1.29, 1.82) is 0 Å². The molecule has 3 N–H and O–H groups in total. The summed E-state index contributed by atoms with van der Waals surface area (Å²) in [4.78, 5) is 12.7. The maximum atomic E-state index is 12.7. The molecule has 1 fully saturated rings. The molecule has 134 valence electrons. The summed E-state index contributed by atoms with van der Waals surface area (Å²) in [6, 6.07) is 9.37. The van der Waals surface area contributed by atoms with Crippen molar-refractivity contribution in [3.05, 3.63) is 30.3 Å². The molecule has 25 heavy (non-hydrogen) atoms. The number of hydrogen-bond donors (Lipinski definition) is 3. The van der Waals surface area contributed by atoms with Gasteiger partial charge >= 0.3 is 0 Å². The lowest BCUT2D eigenvalue weighted by atomic mass is 9.94. The van der Waals surface area contributed by atoms with Gasteiger partial charge in [-0.2, -0.15) is 4.68 Å². The molecule has 3 rings (SSSR count). The first-order valence-corrected chi connectivity index (χ1v) is 8.80. The minimum atomic E-state index is -0.386. The third-order valence-corrected chi connectivity index (χ3v) is 4.65. The number of hydrogen-bond acceptors (Lipinski definition) is 6. The van der Waals surface area contributed by atoms with E-state index in [1.54, 1.807) is 4.68 Å². The molecule has 8 nitrogen and oxygen atoms in total. The van der Waals surface area contributed by atoms with Gasteiger partial charge in [-0.25, -0.2) is 0 Å². The molecule has 1 aliphatic heterocycles. The van der Waals surface area contributed by atoms with Gasteiger partial charge in [-0.1, -0.05) is 37.1 Å². The predicted octanol–water partition coefficient (Wildman–Crippen LogP) is 0.967. The number of piperidine rings is 1. The number of nitrogens with zero attached hydrogens (tertiary/aromatic N) is 4. The molecular weight excluding hydrogens is 318 g/mol. The summed E-state index contributed by atoms with van der Waals surface area (Å²) >= 11 is 0. The molecule has 1 aliphatic rings. The van der Waals surface area contributed by atoms with Crippen LogP contribution in [0, 0.1) is 5.92 Å². The molecule has 1 aromatic carbocycles. The van der Waals surface area contributed by atoms with Crippen molar-refractivity contribution in [2.75, 3.05) is 18.4 Å². The zero-order valence-corrected chi connectivity index (χ0v) is 14.6. The molecule has 2 heterocycles. The minimum absolute atomic E-state index is 0.0225. The normalized spacial score (nSPS) is 21.5. The van der Waals surface area contributed by atoms with Crippen LogP contribution in [0.4, 0.5) is 5.95 Å². The maximum Gasteiger partial charge on any atom is 0.248 e. The predicted molar refractivity (Wildman–Crippen MR) is 95.4 cm³/mol. The molecule has 2 aromatic rings. The van der Waals surface area contributed by atoms with Crippen molar-refractivity contribution in [2.24, 2.45) is 5.92 Å². The van der Waals surface area contributed by atoms with E-state index in [1.165, 1.54) is 0 Å². The lowest BCUT2D eigenvalue weighted by molar-refractivity contribution is -0.123. The highest BCUT2D eigenvalue weighted by atomic mass is 16.2. The average molecular weight is 343 g/mol. The van der Waals surface area contributed by atoms with Crippen molar-refractivity contribution < 1.29 is 4.79 Å². The zero-order valence-electron chi connectivity index (χ0n) is 14.6. The van der Waals surface area contributed by atoms with E-state index >= 15 is 0 Å². The maximum absolute atomic E-state index is 12.7. The van der Waals surface area contributed by atoms with Gasteiger partial charge in [0.15, 0.2) is 0 Å². The van der Waals surface area contributed by atoms with Gasteiger partial charge in [0, 0.05) is 12.6 Å². The number of carbonyl (C=O) groups excluding carboxylic acids is 1. The SMILES string of the molecule is CCC(Nc1nnnn1-c1ccccc1)C(=O)NC1CNCCC1C. The Hall–Kier alpha value is -2.48. The Labute approximate surface area is 147 Å². The number of aromatic nitrogens is 4. The van der Waals surface area contributed by atoms with Gasteiger partial charge in [-0.15, -0.1) is 0 Å². The summed E-state index contributed by atoms with van der Waals surface area (Å²) < 4.78 is 1.60. The lowest BCUT2D eigenvalue weighted by Gasteiger charge is -2.31. The van der Waals surface area contributed by atoms with Crippen LogP contribution in [0.1, 0.15) is 26.7 Å². The number of nitrogens with one attached hydrogen (secondary N) is 3. The number of anilines is 1. The Balaban J connectivity index is 1.68. The smallest absolute Gasteiger partial charge is 0.248 e. The molecule has 0 radical (unpaired) electrons. The summed E-state index contributed by atoms with van der Waals surface area (Å²) in [6.45, 7) is 5.96. The molecule has 3 atom stereocenters. The summed E-state index contributed by atoms with van der Waals surface area (Å²) in [7, 11) is 0. The van der Waals surface area contributed by atoms with Crippen LogP contribution in [0.5, 0.6) is 0 Å². The van der Waals surface area contributed by atoms with Crippen LogP contribution in [0.25, 0.3) is 5.69 Å². The second-order valence-electron chi connectivity index (χ2n) is 6.44. The molecule has 1 amide bonds. The van der Waals surface area contributed by atoms with Gasteiger partial charge < -0.3 is 16.0 Å². The largest absolute Gasteiger partial charge is 0.350 e. The van der Waals surface area contributed by atoms with E-state index in [0.717, 1.165) is 25.2 Å². The molecule has 0 bridgehead atoms. The standard InChI is InChI=1S/C17H25N7O/c1-3-14(16(25)19-15-11-18-10-9-12(15)2)20-17-21-22-23-24(17)13-7-5-4-6-8-13/h4-8,12,14-15,18H,3,9-11H2,1-2H3,(H,19,25)(H,20,21,23). The summed E-state index contributed by atoms with van der Waals surface area (Å²) in [5.74, 6) is 0.908. The molecule has 0 saturated carbocycles. The zero-order chi connectivity index (χ0) is 17.6. The van der Waals surface area contributed by atoms with Gasteiger partial charge in [-0.05, 0) is 47.9 Å². The van der Waals surface area contributed by atoms with Crippen LogP contribution in [-0.4, -0.2) is 51.3 Å². The van der Waals surface area contributed by atoms with Gasteiger partial charge in [0.25, 0.3) is 0 Å². The number of amides is 1. The van der Waals surface area contributed by atoms with E-state index in [1.807, 2.05) is 37.3 Å². The topological polar surface area (TPSA) is 96.8 Å². The quantitative estimate of drug-likeness (QED) is 0.723. The van der Waals surface area contributed by atoms with Crippen LogP contribution in [-0.2, 0) is 4.79 Å². The van der Waals surface area contributed by atoms with Crippen LogP contribution < -0.4 is 16.0 Å². The van der Waals surface area contributed by atoms with E-state index in [9.17, 15) is 4.79 Å². The Bertz CT molecular complexity index is 687. The number of tetrazole rings is 1. The fourth-order valence-electron chi connectivity index (χ4n) is 3.00. The first-order valence-electron chi connectivity index (χ1n) is 8.80. The number of rotatable bonds is 6. The van der Waals surface area contributed by atoms with E-state index in [-0.39, 0.29) is 18.0 Å². The minimum Gasteiger partial charge on any atom is -0.350 e. The van der Waals surface area contributed by atoms with Gasteiger partial charge in [-0.3, -0.25) is 4.79 Å². The monoisotopic (exact) mass is 343 g/mol. The second kappa shape index (κ2) is 8.06. The van der Waals surface area contributed by atoms with Gasteiger partial charge in [0.1, 0.15) is 6.04 Å². The van der Waals surface area contributed by atoms with Crippen molar-refractivity contribution in [1.82, 2.24) is 30.8 Å². The second-order valence-corrected chi connectivity index (χ2v) is 6.44. The molecule has 0 aliphatic carbocycles. The van der Waals surface area contributed by atoms with Gasteiger partial charge in [0.2, 0.25) is 11.9 Å². The van der Waals surface area contributed by atoms with Crippen molar-refractivity contribution in [3.63, 3.8) is 0 Å². The average Bonchev–Trinajstić information content (AvgIpc) is 3.10. The van der Waals surface area contributed by atoms with Crippen molar-refractivity contribution >= 4 is 11.9 Å². The Morgan fingerprint density at radius 2 is 2.20 bits per heavy atom. The van der Waals surface area contributed by atoms with Crippen LogP contribution >= 0.6 is 0 Å². The Morgan fingerprint density at radius 3 is 2.92 bits per heavy atom. The first kappa shape index (κ1) is 17.3. The van der Waals surface area contributed by atoms with Crippen molar-refractivity contribution in [2.45, 2.75) is 38.8 Å². The summed E-state index contributed by atoms with van der Waals surface area (Å²) in [6.07, 6.45) is 1.71. The highest BCUT2D eigenvalue weighted by molar-refractivity contribution is 5.84. The highest BCUT2D eigenvalue weighted by Crippen LogP contribution is 2.14. The first-order chi connectivity index (χ1) is 12.2. The van der Waals surface area contributed by atoms with E-state index in [0.29, 0.717) is 18.3 Å². The molecule has 1 saturated heterocycles. The molecule has 3 unspecified atom stereocenters. The molecular formula is C17H25N7O. The van der Waals surface area contributed by atoms with Crippen LogP contribution in [0.2, 0.25) is 0 Å². The molecule has 1 aromatic heterocycles. The van der Waals surface area contributed by atoms with Crippen molar-refractivity contribution in [3.8, 4) is 5.69 Å². The van der Waals surface area contributed by atoms with Crippen LogP contribution in [0.3, 0.4) is 0 Å². The van der Waals surface area contributed by atoms with E-state index in [2.05, 4.69) is 38.4 Å². The highest BCUT2D eigenvalue weighted by Gasteiger charge is 2.26. The Morgan fingerprint density at radius 1 is 1.40 bits per heavy atom. The lowest BCUT2D eigenvalue weighted by Crippen LogP contribution is -2.53. The summed E-state index contributed by atoms with van der Waals surface area (Å²) in [5.41, 5.74) is 0.843. The van der Waals surface area contributed by atoms with Crippen LogP contribution in [0.15, 0.2) is 30.3 Å². The number of para-hydroxylation sites is 1. The fraction of sp³-hybridized carbons (Fsp3) is 0.529. The van der Waals surface area contributed by atoms with Gasteiger partial charge in [0.05, 0.1) is 5.69 Å². The van der Waals surface area contributed by atoms with E-state index < -0.39 is 0 Å². The number of carbonyl (C=O) groups is 1. The molecule has 8 heteroatoms. The third kappa shape index (κ3) is 4.14. The molecule has 0 spiro atoms.